The van der Waals surface area contributed by atoms with Crippen LogP contribution in [0.1, 0.15) is 43.7 Å². The maximum atomic E-state index is 5.70. The van der Waals surface area contributed by atoms with Gasteiger partial charge in [-0.15, -0.1) is 0 Å². The van der Waals surface area contributed by atoms with Crippen LogP contribution in [0.3, 0.4) is 0 Å². The van der Waals surface area contributed by atoms with Gasteiger partial charge < -0.3 is 10.1 Å². The SMILES string of the molecule is CCNCC(C)c1ccc(CN(C)CC2CCCO2)cc1. The van der Waals surface area contributed by atoms with Gasteiger partial charge in [-0.3, -0.25) is 4.90 Å². The van der Waals surface area contributed by atoms with Gasteiger partial charge in [-0.25, -0.2) is 0 Å². The quantitative estimate of drug-likeness (QED) is 0.796. The highest BCUT2D eigenvalue weighted by Crippen LogP contribution is 2.17. The van der Waals surface area contributed by atoms with Crippen molar-refractivity contribution in [2.75, 3.05) is 33.3 Å². The molecule has 1 N–H and O–H groups in total. The number of likely N-dealkylation sites (N-methyl/N-ethyl adjacent to an activating group) is 2. The minimum atomic E-state index is 0.439. The lowest BCUT2D eigenvalue weighted by Crippen LogP contribution is -2.28. The zero-order valence-corrected chi connectivity index (χ0v) is 13.8. The van der Waals surface area contributed by atoms with Crippen LogP contribution in [0.15, 0.2) is 24.3 Å². The summed E-state index contributed by atoms with van der Waals surface area (Å²) in [4.78, 5) is 2.37. The van der Waals surface area contributed by atoms with Gasteiger partial charge in [0.2, 0.25) is 0 Å². The van der Waals surface area contributed by atoms with Crippen molar-refractivity contribution in [1.82, 2.24) is 10.2 Å². The second-order valence-corrected chi connectivity index (χ2v) is 6.28. The molecule has 1 heterocycles. The topological polar surface area (TPSA) is 24.5 Å². The lowest BCUT2D eigenvalue weighted by atomic mass is 9.99. The first kappa shape index (κ1) is 16.5. The Balaban J connectivity index is 1.80. The molecule has 0 aliphatic carbocycles. The van der Waals surface area contributed by atoms with E-state index in [4.69, 9.17) is 4.74 Å². The van der Waals surface area contributed by atoms with Crippen molar-refractivity contribution < 1.29 is 4.74 Å². The van der Waals surface area contributed by atoms with Crippen LogP contribution < -0.4 is 5.32 Å². The van der Waals surface area contributed by atoms with Crippen LogP contribution in [0.5, 0.6) is 0 Å². The smallest absolute Gasteiger partial charge is 0.0702 e. The Morgan fingerprint density at radius 1 is 1.33 bits per heavy atom. The Morgan fingerprint density at radius 3 is 2.71 bits per heavy atom. The second-order valence-electron chi connectivity index (χ2n) is 6.28. The van der Waals surface area contributed by atoms with Crippen molar-refractivity contribution in [3.05, 3.63) is 35.4 Å². The number of benzene rings is 1. The summed E-state index contributed by atoms with van der Waals surface area (Å²) in [5.74, 6) is 0.573. The molecule has 21 heavy (non-hydrogen) atoms. The Kier molecular flexibility index (Phi) is 6.68. The van der Waals surface area contributed by atoms with Crippen LogP contribution >= 0.6 is 0 Å². The Labute approximate surface area is 129 Å². The molecule has 0 spiro atoms. The monoisotopic (exact) mass is 290 g/mol. The summed E-state index contributed by atoms with van der Waals surface area (Å²) in [6.07, 6.45) is 2.87. The van der Waals surface area contributed by atoms with Crippen LogP contribution in [-0.2, 0) is 11.3 Å². The van der Waals surface area contributed by atoms with Gasteiger partial charge in [0, 0.05) is 26.2 Å². The molecule has 3 nitrogen and oxygen atoms in total. The highest BCUT2D eigenvalue weighted by atomic mass is 16.5. The van der Waals surface area contributed by atoms with E-state index in [1.54, 1.807) is 0 Å². The number of rotatable bonds is 8. The molecule has 1 fully saturated rings. The van der Waals surface area contributed by atoms with Crippen molar-refractivity contribution in [3.63, 3.8) is 0 Å². The van der Waals surface area contributed by atoms with E-state index in [0.717, 1.165) is 32.8 Å². The summed E-state index contributed by atoms with van der Waals surface area (Å²) in [5, 5.41) is 3.41. The number of nitrogens with one attached hydrogen (secondary N) is 1. The van der Waals surface area contributed by atoms with E-state index in [1.807, 2.05) is 0 Å². The standard InChI is InChI=1S/C18H30N2O/c1-4-19-12-15(2)17-9-7-16(8-10-17)13-20(3)14-18-6-5-11-21-18/h7-10,15,18-19H,4-6,11-14H2,1-3H3. The molecule has 1 aromatic rings. The summed E-state index contributed by atoms with van der Waals surface area (Å²) in [6.45, 7) is 9.50. The zero-order valence-electron chi connectivity index (χ0n) is 13.8. The van der Waals surface area contributed by atoms with E-state index in [-0.39, 0.29) is 0 Å². The molecule has 118 valence electrons. The molecule has 1 saturated heterocycles. The van der Waals surface area contributed by atoms with E-state index in [0.29, 0.717) is 12.0 Å². The molecule has 1 aliphatic rings. The van der Waals surface area contributed by atoms with Crippen LogP contribution in [0.25, 0.3) is 0 Å². The third kappa shape index (κ3) is 5.42. The van der Waals surface area contributed by atoms with Gasteiger partial charge in [-0.2, -0.15) is 0 Å². The highest BCUT2D eigenvalue weighted by molar-refractivity contribution is 5.25. The van der Waals surface area contributed by atoms with E-state index in [1.165, 1.54) is 24.0 Å². The lowest BCUT2D eigenvalue weighted by molar-refractivity contribution is 0.0793. The fourth-order valence-corrected chi connectivity index (χ4v) is 2.94. The van der Waals surface area contributed by atoms with Crippen molar-refractivity contribution in [3.8, 4) is 0 Å². The Bertz CT molecular complexity index is 398. The van der Waals surface area contributed by atoms with Crippen molar-refractivity contribution in [1.29, 1.82) is 0 Å². The molecule has 0 saturated carbocycles. The maximum Gasteiger partial charge on any atom is 0.0702 e. The van der Waals surface area contributed by atoms with Gasteiger partial charge in [-0.05, 0) is 43.5 Å². The molecule has 0 bridgehead atoms. The third-order valence-electron chi connectivity index (χ3n) is 4.24. The molecule has 3 heteroatoms. The first-order valence-corrected chi connectivity index (χ1v) is 8.28. The van der Waals surface area contributed by atoms with E-state index in [2.05, 4.69) is 55.4 Å². The molecule has 1 aliphatic heterocycles. The maximum absolute atomic E-state index is 5.70. The number of hydrogen-bond acceptors (Lipinski definition) is 3. The molecule has 2 atom stereocenters. The molecule has 0 amide bonds. The minimum absolute atomic E-state index is 0.439. The van der Waals surface area contributed by atoms with Crippen molar-refractivity contribution in [2.45, 2.75) is 45.3 Å². The van der Waals surface area contributed by atoms with Crippen molar-refractivity contribution in [2.24, 2.45) is 0 Å². The Hall–Kier alpha value is -0.900. The summed E-state index contributed by atoms with van der Waals surface area (Å²) in [6, 6.07) is 9.09. The van der Waals surface area contributed by atoms with Crippen LogP contribution in [0, 0.1) is 0 Å². The Morgan fingerprint density at radius 2 is 2.10 bits per heavy atom. The molecule has 1 aromatic carbocycles. The lowest BCUT2D eigenvalue weighted by Gasteiger charge is -2.21. The second kappa shape index (κ2) is 8.52. The van der Waals surface area contributed by atoms with Gasteiger partial charge in [0.15, 0.2) is 0 Å². The average molecular weight is 290 g/mol. The van der Waals surface area contributed by atoms with Crippen LogP contribution in [0.2, 0.25) is 0 Å². The normalized spacial score (nSPS) is 20.1. The van der Waals surface area contributed by atoms with Gasteiger partial charge in [-0.1, -0.05) is 38.1 Å². The highest BCUT2D eigenvalue weighted by Gasteiger charge is 2.17. The predicted octanol–water partition coefficient (Wildman–Crippen LogP) is 3.01. The fourth-order valence-electron chi connectivity index (χ4n) is 2.94. The van der Waals surface area contributed by atoms with Crippen LogP contribution in [-0.4, -0.2) is 44.3 Å². The molecular formula is C18H30N2O. The number of hydrogen-bond donors (Lipinski definition) is 1. The molecule has 0 radical (unpaired) electrons. The van der Waals surface area contributed by atoms with Crippen LogP contribution in [0.4, 0.5) is 0 Å². The van der Waals surface area contributed by atoms with Gasteiger partial charge in [0.1, 0.15) is 0 Å². The number of ether oxygens (including phenoxy) is 1. The molecule has 2 unspecified atom stereocenters. The summed E-state index contributed by atoms with van der Waals surface area (Å²) in [7, 11) is 2.18. The minimum Gasteiger partial charge on any atom is -0.377 e. The third-order valence-corrected chi connectivity index (χ3v) is 4.24. The van der Waals surface area contributed by atoms with E-state index in [9.17, 15) is 0 Å². The summed E-state index contributed by atoms with van der Waals surface area (Å²) < 4.78 is 5.70. The zero-order chi connectivity index (χ0) is 15.1. The molecule has 0 aromatic heterocycles. The van der Waals surface area contributed by atoms with Gasteiger partial charge in [0.25, 0.3) is 0 Å². The first-order chi connectivity index (χ1) is 10.2. The first-order valence-electron chi connectivity index (χ1n) is 8.28. The van der Waals surface area contributed by atoms with E-state index >= 15 is 0 Å². The van der Waals surface area contributed by atoms with E-state index < -0.39 is 0 Å². The number of nitrogens with zero attached hydrogens (tertiary/aromatic N) is 1. The van der Waals surface area contributed by atoms with Gasteiger partial charge >= 0.3 is 0 Å². The summed E-state index contributed by atoms with van der Waals surface area (Å²) in [5.41, 5.74) is 2.80. The summed E-state index contributed by atoms with van der Waals surface area (Å²) >= 11 is 0. The van der Waals surface area contributed by atoms with Gasteiger partial charge in [0.05, 0.1) is 6.10 Å². The molecular weight excluding hydrogens is 260 g/mol. The average Bonchev–Trinajstić information content (AvgIpc) is 2.98. The largest absolute Gasteiger partial charge is 0.377 e. The van der Waals surface area contributed by atoms with Crippen molar-refractivity contribution >= 4 is 0 Å². The fraction of sp³-hybridized carbons (Fsp3) is 0.667. The molecule has 2 rings (SSSR count). The predicted molar refractivity (Wildman–Crippen MR) is 88.7 cm³/mol.